The van der Waals surface area contributed by atoms with E-state index in [0.29, 0.717) is 0 Å². The Morgan fingerprint density at radius 3 is 1.31 bits per heavy atom. The van der Waals surface area contributed by atoms with Crippen molar-refractivity contribution in [1.29, 1.82) is 0 Å². The van der Waals surface area contributed by atoms with Crippen molar-refractivity contribution < 1.29 is 70.6 Å². The van der Waals surface area contributed by atoms with Gasteiger partial charge in [0.15, 0.2) is 0 Å². The smallest absolute Gasteiger partial charge is 0.342 e. The summed E-state index contributed by atoms with van der Waals surface area (Å²) in [6, 6.07) is 0. The molecule has 0 spiro atoms. The normalized spacial score (nSPS) is 18.2. The van der Waals surface area contributed by atoms with Crippen LogP contribution >= 0.6 is 0 Å². The van der Waals surface area contributed by atoms with Crippen LogP contribution < -0.4 is 0 Å². The summed E-state index contributed by atoms with van der Waals surface area (Å²) in [6.45, 7) is -2.15. The largest absolute Gasteiger partial charge is 0.465 e. The van der Waals surface area contributed by atoms with Crippen LogP contribution in [-0.2, 0) is 10.0 Å². The van der Waals surface area contributed by atoms with E-state index in [4.69, 9.17) is 5.11 Å². The van der Waals surface area contributed by atoms with Crippen molar-refractivity contribution in [1.82, 2.24) is 4.31 Å². The van der Waals surface area contributed by atoms with E-state index in [1.165, 1.54) is 0 Å². The molecule has 0 saturated carbocycles. The highest BCUT2D eigenvalue weighted by Crippen LogP contribution is 2.56. The van der Waals surface area contributed by atoms with E-state index in [0.717, 1.165) is 0 Å². The predicted octanol–water partition coefficient (Wildman–Crippen LogP) is 3.24. The average Bonchev–Trinajstić information content (AvgIpc) is 2.35. The Labute approximate surface area is 135 Å². The Bertz CT molecular complexity index is 620. The molecule has 0 fully saturated rings. The molecule has 0 aliphatic carbocycles. The van der Waals surface area contributed by atoms with Gasteiger partial charge in [-0.25, -0.2) is 8.42 Å². The van der Waals surface area contributed by atoms with E-state index in [-0.39, 0.29) is 6.92 Å². The maximum Gasteiger partial charge on any atom is 0.465 e. The standard InChI is InChI=1S/C8H6F13NO3S/c1-2-22(8(21,23)6(16,17)18)26(24,25)7(19,20)4(11,12)3(9,10)5(13,14)15/h23H,2H2,1H3. The third kappa shape index (κ3) is 3.30. The maximum absolute atomic E-state index is 13.4. The first-order valence-electron chi connectivity index (χ1n) is 5.65. The molecule has 0 amide bonds. The lowest BCUT2D eigenvalue weighted by Crippen LogP contribution is -2.68. The van der Waals surface area contributed by atoms with Gasteiger partial charge in [-0.15, -0.1) is 4.31 Å². The first kappa shape index (κ1) is 25.0. The van der Waals surface area contributed by atoms with E-state index in [9.17, 15) is 65.5 Å². The van der Waals surface area contributed by atoms with Crippen molar-refractivity contribution in [3.8, 4) is 0 Å². The minimum absolute atomic E-state index is 0.0595. The molecule has 0 aromatic carbocycles. The third-order valence-electron chi connectivity index (χ3n) is 2.71. The lowest BCUT2D eigenvalue weighted by molar-refractivity contribution is -0.385. The van der Waals surface area contributed by atoms with Crippen LogP contribution in [0.2, 0.25) is 0 Å². The fourth-order valence-corrected chi connectivity index (χ4v) is 2.83. The van der Waals surface area contributed by atoms with Crippen LogP contribution in [0.4, 0.5) is 57.1 Å². The molecule has 0 aromatic rings. The summed E-state index contributed by atoms with van der Waals surface area (Å²) in [5.41, 5.74) is 0. The van der Waals surface area contributed by atoms with Gasteiger partial charge in [0.25, 0.3) is 10.0 Å². The van der Waals surface area contributed by atoms with Gasteiger partial charge < -0.3 is 5.11 Å². The van der Waals surface area contributed by atoms with Crippen LogP contribution in [0.25, 0.3) is 0 Å². The van der Waals surface area contributed by atoms with Crippen LogP contribution in [0, 0.1) is 0 Å². The first-order valence-corrected chi connectivity index (χ1v) is 7.09. The number of alkyl halides is 13. The van der Waals surface area contributed by atoms with E-state index in [1.807, 2.05) is 0 Å². The maximum atomic E-state index is 13.4. The molecule has 0 saturated heterocycles. The summed E-state index contributed by atoms with van der Waals surface area (Å²) >= 11 is 0. The van der Waals surface area contributed by atoms with Crippen molar-refractivity contribution >= 4 is 10.0 Å². The zero-order valence-corrected chi connectivity index (χ0v) is 12.6. The Kier molecular flexibility index (Phi) is 6.00. The Morgan fingerprint density at radius 1 is 0.731 bits per heavy atom. The summed E-state index contributed by atoms with van der Waals surface area (Å²) in [5, 5.41) is 0.781. The summed E-state index contributed by atoms with van der Waals surface area (Å²) in [5.74, 6) is -22.0. The topological polar surface area (TPSA) is 57.6 Å². The van der Waals surface area contributed by atoms with Gasteiger partial charge in [0, 0.05) is 6.54 Å². The zero-order chi connectivity index (χ0) is 21.8. The van der Waals surface area contributed by atoms with Gasteiger partial charge in [0.05, 0.1) is 0 Å². The van der Waals surface area contributed by atoms with Gasteiger partial charge in [-0.3, -0.25) is 0 Å². The second-order valence-corrected chi connectivity index (χ2v) is 6.32. The van der Waals surface area contributed by atoms with Crippen LogP contribution in [-0.4, -0.2) is 59.8 Å². The molecule has 0 bridgehead atoms. The van der Waals surface area contributed by atoms with Crippen molar-refractivity contribution in [3.63, 3.8) is 0 Å². The molecule has 1 unspecified atom stereocenters. The van der Waals surface area contributed by atoms with Crippen LogP contribution in [0.3, 0.4) is 0 Å². The van der Waals surface area contributed by atoms with Crippen molar-refractivity contribution in [2.24, 2.45) is 0 Å². The minimum Gasteiger partial charge on any atom is -0.342 e. The molecule has 1 atom stereocenters. The summed E-state index contributed by atoms with van der Waals surface area (Å²) in [7, 11) is -7.97. The number of hydrogen-bond acceptors (Lipinski definition) is 3. The van der Waals surface area contributed by atoms with Gasteiger partial charge in [-0.2, -0.15) is 57.1 Å². The molecule has 18 heteroatoms. The quantitative estimate of drug-likeness (QED) is 0.390. The van der Waals surface area contributed by atoms with Gasteiger partial charge >= 0.3 is 35.4 Å². The average molecular weight is 443 g/mol. The van der Waals surface area contributed by atoms with Crippen molar-refractivity contribution in [2.45, 2.75) is 42.4 Å². The monoisotopic (exact) mass is 443 g/mol. The fraction of sp³-hybridized carbons (Fsp3) is 1.00. The Hall–Kier alpha value is -1.04. The van der Waals surface area contributed by atoms with Crippen LogP contribution in [0.15, 0.2) is 0 Å². The lowest BCUT2D eigenvalue weighted by atomic mass is 10.1. The zero-order valence-electron chi connectivity index (χ0n) is 11.7. The second-order valence-electron chi connectivity index (χ2n) is 4.42. The van der Waals surface area contributed by atoms with E-state index in [1.54, 1.807) is 0 Å². The van der Waals surface area contributed by atoms with E-state index < -0.39 is 56.3 Å². The molecular formula is C8H6F13NO3S. The van der Waals surface area contributed by atoms with Crippen molar-refractivity contribution in [2.75, 3.05) is 6.54 Å². The molecular weight excluding hydrogens is 437 g/mol. The lowest BCUT2D eigenvalue weighted by Gasteiger charge is -2.38. The molecule has 1 N–H and O–H groups in total. The molecule has 4 nitrogen and oxygen atoms in total. The number of halogens is 13. The molecule has 0 aliphatic heterocycles. The minimum atomic E-state index is -7.97. The van der Waals surface area contributed by atoms with Gasteiger partial charge in [0.2, 0.25) is 0 Å². The highest BCUT2D eigenvalue weighted by Gasteiger charge is 2.86. The first-order chi connectivity index (χ1) is 10.9. The number of hydrogen-bond donors (Lipinski definition) is 1. The summed E-state index contributed by atoms with van der Waals surface area (Å²) in [4.78, 5) is 0. The van der Waals surface area contributed by atoms with Crippen molar-refractivity contribution in [3.05, 3.63) is 0 Å². The van der Waals surface area contributed by atoms with Crippen LogP contribution in [0.5, 0.6) is 0 Å². The molecule has 0 rings (SSSR count). The number of sulfonamides is 1. The fourth-order valence-electron chi connectivity index (χ4n) is 1.34. The summed E-state index contributed by atoms with van der Waals surface area (Å²) in [6.07, 6.45) is -14.2. The highest BCUT2D eigenvalue weighted by molar-refractivity contribution is 7.90. The predicted molar refractivity (Wildman–Crippen MR) is 54.3 cm³/mol. The Balaban J connectivity index is 6.60. The molecule has 0 aromatic heterocycles. The number of aliphatic hydroxyl groups is 1. The third-order valence-corrected chi connectivity index (χ3v) is 4.69. The van der Waals surface area contributed by atoms with Gasteiger partial charge in [-0.1, -0.05) is 6.92 Å². The summed E-state index contributed by atoms with van der Waals surface area (Å²) < 4.78 is 183. The molecule has 158 valence electrons. The van der Waals surface area contributed by atoms with E-state index >= 15 is 0 Å². The second kappa shape index (κ2) is 6.25. The Morgan fingerprint density at radius 2 is 1.08 bits per heavy atom. The van der Waals surface area contributed by atoms with Gasteiger partial charge in [0.1, 0.15) is 0 Å². The molecule has 26 heavy (non-hydrogen) atoms. The molecule has 0 radical (unpaired) electrons. The molecule has 0 heterocycles. The SMILES string of the molecule is CCN(C(O)(F)C(F)(F)F)S(=O)(=O)C(F)(F)C(F)(F)C(F)(F)C(F)(F)F. The van der Waals surface area contributed by atoms with Crippen LogP contribution in [0.1, 0.15) is 6.92 Å². The van der Waals surface area contributed by atoms with Gasteiger partial charge in [-0.05, 0) is 0 Å². The number of rotatable bonds is 6. The highest BCUT2D eigenvalue weighted by atomic mass is 32.2. The molecule has 0 aliphatic rings. The number of nitrogens with zero attached hydrogens (tertiary/aromatic N) is 1. The van der Waals surface area contributed by atoms with E-state index in [2.05, 4.69) is 0 Å².